The number of cyclic esters (lactones) is 2. The number of aliphatic hydroxyl groups is 1. The lowest BCUT2D eigenvalue weighted by molar-refractivity contribution is -0.163. The van der Waals surface area contributed by atoms with Gasteiger partial charge in [0.15, 0.2) is 11.9 Å². The molecule has 12 atom stereocenters. The average molecular weight is 1110 g/mol. The number of aliphatic hydroxyl groups excluding tert-OH is 1. The van der Waals surface area contributed by atoms with Crippen LogP contribution in [0.1, 0.15) is 133 Å². The molecule has 3 saturated heterocycles. The first-order chi connectivity index (χ1) is 37.0. The van der Waals surface area contributed by atoms with Crippen molar-refractivity contribution in [2.45, 2.75) is 195 Å². The average Bonchev–Trinajstić information content (AvgIpc) is 4.13. The van der Waals surface area contributed by atoms with Crippen molar-refractivity contribution in [3.8, 4) is 5.75 Å². The first-order valence-corrected chi connectivity index (χ1v) is 27.9. The van der Waals surface area contributed by atoms with E-state index in [1.54, 1.807) is 52.0 Å². The Bertz CT molecular complexity index is 2380. The zero-order valence-corrected chi connectivity index (χ0v) is 48.7. The number of rotatable bonds is 15. The Kier molecular flexibility index (Phi) is 24.0. The van der Waals surface area contributed by atoms with Crippen LogP contribution < -0.4 is 20.7 Å². The van der Waals surface area contributed by atoms with Crippen molar-refractivity contribution in [3.63, 3.8) is 0 Å². The molecular weight excluding hydrogens is 1020 g/mol. The summed E-state index contributed by atoms with van der Waals surface area (Å²) >= 11 is 0. The first-order valence-electron chi connectivity index (χ1n) is 27.9. The summed E-state index contributed by atoms with van der Waals surface area (Å²) in [4.78, 5) is 160. The van der Waals surface area contributed by atoms with Gasteiger partial charge in [-0.15, -0.1) is 0 Å². The van der Waals surface area contributed by atoms with Crippen molar-refractivity contribution in [1.29, 1.82) is 0 Å². The lowest BCUT2D eigenvalue weighted by Crippen LogP contribution is -2.62. The molecule has 1 aromatic carbocycles. The van der Waals surface area contributed by atoms with Gasteiger partial charge in [0.05, 0.1) is 31.6 Å². The fourth-order valence-electron chi connectivity index (χ4n) is 10.5. The van der Waals surface area contributed by atoms with Crippen LogP contribution in [0.2, 0.25) is 0 Å². The number of benzene rings is 1. The lowest BCUT2D eigenvalue weighted by Gasteiger charge is -2.36. The first kappa shape index (κ1) is 65.1. The highest BCUT2D eigenvalue weighted by molar-refractivity contribution is 6.35. The number of nitrogens with one attached hydrogen (secondary N) is 3. The second-order valence-electron chi connectivity index (χ2n) is 22.8. The molecule has 22 heteroatoms. The zero-order valence-electron chi connectivity index (χ0n) is 48.7. The number of methoxy groups -OCH3 is 1. The SMILES string of the molecule is CC[C@H](C)[C@H]1NC(=O)[C@@H](NC(=O)[C@@H](CC(C)C)N(C)C(=O)[C@@H]2CCCN2C(=O)C(C)=O)[C@@H](C)OC(=O)[C@H](Cc2ccc(OC)cc2)N(C)C(=O)C2CCCN2C(=O)[C@H](CC(C)C)NC(=O)[C@@H](C)C(=O)[C@H](C(C)C)OC(=O)C[C@@H]1O. The summed E-state index contributed by atoms with van der Waals surface area (Å²) in [5.41, 5.74) is 0.566. The van der Waals surface area contributed by atoms with E-state index in [2.05, 4.69) is 16.0 Å². The van der Waals surface area contributed by atoms with Crippen LogP contribution in [0, 0.1) is 29.6 Å². The van der Waals surface area contributed by atoms with Crippen LogP contribution in [0.25, 0.3) is 0 Å². The molecule has 3 aliphatic heterocycles. The van der Waals surface area contributed by atoms with E-state index in [0.717, 1.165) is 6.92 Å². The van der Waals surface area contributed by atoms with Crippen LogP contribution >= 0.6 is 0 Å². The Hall–Kier alpha value is -6.45. The van der Waals surface area contributed by atoms with Gasteiger partial charge in [0.2, 0.25) is 41.2 Å². The van der Waals surface area contributed by atoms with E-state index in [-0.39, 0.29) is 57.0 Å². The Morgan fingerprint density at radius 2 is 1.49 bits per heavy atom. The molecule has 3 aliphatic rings. The number of likely N-dealkylation sites (tertiary alicyclic amines) is 1. The van der Waals surface area contributed by atoms with E-state index in [1.807, 2.05) is 27.7 Å². The summed E-state index contributed by atoms with van der Waals surface area (Å²) in [6, 6.07) is -2.32. The van der Waals surface area contributed by atoms with Crippen LogP contribution in [-0.4, -0.2) is 184 Å². The number of carbonyl (C=O) groups excluding carboxylic acids is 11. The molecule has 0 radical (unpaired) electrons. The topological polar surface area (TPSA) is 285 Å². The summed E-state index contributed by atoms with van der Waals surface area (Å²) in [5.74, 6) is -11.3. The molecule has 0 spiro atoms. The number of amides is 7. The number of likely N-dealkylation sites (N-methyl/N-ethyl adjacent to an activating group) is 2. The number of nitrogens with zero attached hydrogens (tertiary/aromatic N) is 4. The number of hydrogen-bond acceptors (Lipinski definition) is 15. The Morgan fingerprint density at radius 3 is 2.06 bits per heavy atom. The highest BCUT2D eigenvalue weighted by atomic mass is 16.6. The molecule has 0 bridgehead atoms. The van der Waals surface area contributed by atoms with E-state index in [4.69, 9.17) is 14.2 Å². The molecule has 4 N–H and O–H groups in total. The minimum absolute atomic E-state index is 0.0545. The smallest absolute Gasteiger partial charge is 0.329 e. The molecule has 440 valence electrons. The van der Waals surface area contributed by atoms with Gasteiger partial charge in [-0.2, -0.15) is 0 Å². The van der Waals surface area contributed by atoms with Crippen LogP contribution in [-0.2, 0) is 68.6 Å². The fraction of sp³-hybridized carbons (Fsp3) is 0.702. The van der Waals surface area contributed by atoms with Crippen molar-refractivity contribution in [2.24, 2.45) is 29.6 Å². The van der Waals surface area contributed by atoms with Gasteiger partial charge in [0.25, 0.3) is 5.91 Å². The van der Waals surface area contributed by atoms with Crippen molar-refractivity contribution in [3.05, 3.63) is 29.8 Å². The molecule has 0 aliphatic carbocycles. The largest absolute Gasteiger partial charge is 0.497 e. The Balaban J connectivity index is 1.89. The quantitative estimate of drug-likeness (QED) is 0.112. The summed E-state index contributed by atoms with van der Waals surface area (Å²) in [5, 5.41) is 20.1. The van der Waals surface area contributed by atoms with Crippen molar-refractivity contribution in [1.82, 2.24) is 35.6 Å². The molecule has 79 heavy (non-hydrogen) atoms. The molecule has 0 saturated carbocycles. The third kappa shape index (κ3) is 16.8. The van der Waals surface area contributed by atoms with Gasteiger partial charge in [-0.1, -0.05) is 73.9 Å². The van der Waals surface area contributed by atoms with Crippen molar-refractivity contribution >= 4 is 64.9 Å². The Labute approximate surface area is 465 Å². The summed E-state index contributed by atoms with van der Waals surface area (Å²) in [7, 11) is 4.26. The van der Waals surface area contributed by atoms with E-state index in [1.165, 1.54) is 54.7 Å². The number of esters is 2. The number of hydrogen-bond donors (Lipinski definition) is 4. The molecule has 4 rings (SSSR count). The molecule has 1 unspecified atom stereocenters. The minimum atomic E-state index is -1.78. The van der Waals surface area contributed by atoms with E-state index in [9.17, 15) is 57.8 Å². The molecule has 3 fully saturated rings. The number of fused-ring (bicyclic) bond motifs is 1. The number of ketones is 2. The standard InChI is InChI=1S/C57H87N7O15/c1-15-33(8)46-44(66)29-45(67)79-49(32(6)7)48(68)34(9)50(69)58-39(26-30(2)3)54(73)64-25-17-19-41(64)56(75)62(13)43(28-37-20-22-38(77-14)23-21-37)57(76)78-36(11)47(52(71)59-46)60-51(70)42(27-31(4)5)61(12)55(74)40-18-16-24-63(40)53(72)35(10)65/h20-23,30-34,36,39-44,46-47,49,66H,15-19,24-29H2,1-14H3,(H,58,69)(H,59,71)(H,60,70)/t33-,34-,36+,39-,40-,41?,42+,43-,44-,46+,47-,49-/m0/s1. The molecule has 3 heterocycles. The van der Waals surface area contributed by atoms with Crippen LogP contribution in [0.4, 0.5) is 0 Å². The third-order valence-corrected chi connectivity index (χ3v) is 15.4. The maximum Gasteiger partial charge on any atom is 0.329 e. The molecule has 0 aromatic heterocycles. The summed E-state index contributed by atoms with van der Waals surface area (Å²) < 4.78 is 17.2. The zero-order chi connectivity index (χ0) is 59.3. The molecular formula is C57H87N7O15. The summed E-state index contributed by atoms with van der Waals surface area (Å²) in [6.07, 6.45) is -3.76. The van der Waals surface area contributed by atoms with Gasteiger partial charge in [0.1, 0.15) is 48.1 Å². The molecule has 1 aromatic rings. The highest BCUT2D eigenvalue weighted by Crippen LogP contribution is 2.27. The van der Waals surface area contributed by atoms with Gasteiger partial charge in [-0.3, -0.25) is 47.9 Å². The maximum atomic E-state index is 15.0. The van der Waals surface area contributed by atoms with Gasteiger partial charge in [-0.25, -0.2) is 4.79 Å². The highest BCUT2D eigenvalue weighted by Gasteiger charge is 2.46. The fourth-order valence-corrected chi connectivity index (χ4v) is 10.5. The lowest BCUT2D eigenvalue weighted by atomic mass is 9.91. The minimum Gasteiger partial charge on any atom is -0.497 e. The number of ether oxygens (including phenoxy) is 3. The van der Waals surface area contributed by atoms with Gasteiger partial charge < -0.3 is 54.9 Å². The van der Waals surface area contributed by atoms with Gasteiger partial charge in [-0.05, 0) is 93.7 Å². The van der Waals surface area contributed by atoms with Gasteiger partial charge in [0, 0.05) is 40.5 Å². The van der Waals surface area contributed by atoms with Crippen LogP contribution in [0.3, 0.4) is 0 Å². The third-order valence-electron chi connectivity index (χ3n) is 15.4. The normalized spacial score (nSPS) is 27.2. The van der Waals surface area contributed by atoms with Gasteiger partial charge >= 0.3 is 11.9 Å². The number of carbonyl (C=O) groups is 11. The molecule has 22 nitrogen and oxygen atoms in total. The van der Waals surface area contributed by atoms with Crippen LogP contribution in [0.5, 0.6) is 5.75 Å². The second kappa shape index (κ2) is 29.1. The maximum absolute atomic E-state index is 15.0. The second-order valence-corrected chi connectivity index (χ2v) is 22.8. The van der Waals surface area contributed by atoms with E-state index < -0.39 is 150 Å². The van der Waals surface area contributed by atoms with Crippen molar-refractivity contribution < 1.29 is 72.1 Å². The summed E-state index contributed by atoms with van der Waals surface area (Å²) in [6.45, 7) is 18.1. The Morgan fingerprint density at radius 1 is 0.861 bits per heavy atom. The predicted octanol–water partition coefficient (Wildman–Crippen LogP) is 2.52. The van der Waals surface area contributed by atoms with Crippen LogP contribution in [0.15, 0.2) is 24.3 Å². The van der Waals surface area contributed by atoms with E-state index >= 15 is 0 Å². The molecule has 7 amide bonds. The predicted molar refractivity (Wildman–Crippen MR) is 289 cm³/mol. The monoisotopic (exact) mass is 1110 g/mol. The number of Topliss-reactive ketones (excluding diaryl/α,β-unsaturated/α-hetero) is 2. The van der Waals surface area contributed by atoms with Crippen molar-refractivity contribution in [2.75, 3.05) is 34.3 Å². The van der Waals surface area contributed by atoms with E-state index in [0.29, 0.717) is 30.6 Å².